The summed E-state index contributed by atoms with van der Waals surface area (Å²) in [4.78, 5) is 6.69. The Hall–Kier alpha value is -0.870. The predicted molar refractivity (Wildman–Crippen MR) is 63.2 cm³/mol. The Morgan fingerprint density at radius 1 is 1.44 bits per heavy atom. The van der Waals surface area contributed by atoms with Crippen LogP contribution in [-0.2, 0) is 6.54 Å². The highest BCUT2D eigenvalue weighted by Crippen LogP contribution is 2.23. The molecule has 2 heterocycles. The van der Waals surface area contributed by atoms with Crippen molar-refractivity contribution in [1.82, 2.24) is 19.8 Å². The summed E-state index contributed by atoms with van der Waals surface area (Å²) in [7, 11) is 2.19. The van der Waals surface area contributed by atoms with E-state index >= 15 is 0 Å². The van der Waals surface area contributed by atoms with Crippen LogP contribution in [0.15, 0.2) is 12.5 Å². The first-order valence-electron chi connectivity index (χ1n) is 6.25. The van der Waals surface area contributed by atoms with Gasteiger partial charge in [-0.2, -0.15) is 0 Å². The van der Waals surface area contributed by atoms with Crippen LogP contribution in [0.3, 0.4) is 0 Å². The lowest BCUT2D eigenvalue weighted by molar-refractivity contribution is 0.389. The zero-order chi connectivity index (χ0) is 11.0. The summed E-state index contributed by atoms with van der Waals surface area (Å²) < 4.78 is 2.36. The van der Waals surface area contributed by atoms with Crippen LogP contribution in [0.5, 0.6) is 0 Å². The van der Waals surface area contributed by atoms with E-state index in [4.69, 9.17) is 0 Å². The van der Waals surface area contributed by atoms with E-state index in [-0.39, 0.29) is 0 Å². The van der Waals surface area contributed by atoms with E-state index in [1.807, 2.05) is 12.5 Å². The maximum absolute atomic E-state index is 4.29. The molecule has 1 atom stereocenters. The Morgan fingerprint density at radius 2 is 2.31 bits per heavy atom. The number of imidazole rings is 1. The van der Waals surface area contributed by atoms with E-state index in [0.717, 1.165) is 19.1 Å². The minimum Gasteiger partial charge on any atom is -0.329 e. The van der Waals surface area contributed by atoms with Gasteiger partial charge < -0.3 is 14.8 Å². The SMILES string of the molecule is CN1CCC(n2cncc2CNC2CC2)C1. The van der Waals surface area contributed by atoms with Crippen molar-refractivity contribution in [3.8, 4) is 0 Å². The predicted octanol–water partition coefficient (Wildman–Crippen LogP) is 1.01. The normalized spacial score (nSPS) is 26.4. The fourth-order valence-corrected chi connectivity index (χ4v) is 2.47. The van der Waals surface area contributed by atoms with Gasteiger partial charge in [-0.15, -0.1) is 0 Å². The molecular weight excluding hydrogens is 200 g/mol. The van der Waals surface area contributed by atoms with Crippen molar-refractivity contribution in [3.63, 3.8) is 0 Å². The third-order valence-electron chi connectivity index (χ3n) is 3.66. The second-order valence-corrected chi connectivity index (χ2v) is 5.15. The van der Waals surface area contributed by atoms with Gasteiger partial charge in [0, 0.05) is 31.4 Å². The summed E-state index contributed by atoms with van der Waals surface area (Å²) in [6, 6.07) is 1.40. The summed E-state index contributed by atoms with van der Waals surface area (Å²) >= 11 is 0. The molecule has 1 aliphatic carbocycles. The highest BCUT2D eigenvalue weighted by Gasteiger charge is 2.24. The number of likely N-dealkylation sites (tertiary alicyclic amines) is 1. The van der Waals surface area contributed by atoms with Crippen molar-refractivity contribution in [2.24, 2.45) is 0 Å². The minimum absolute atomic E-state index is 0.628. The van der Waals surface area contributed by atoms with E-state index in [1.165, 1.54) is 31.5 Å². The molecule has 0 amide bonds. The number of aromatic nitrogens is 2. The molecule has 1 aliphatic heterocycles. The molecule has 4 nitrogen and oxygen atoms in total. The van der Waals surface area contributed by atoms with Crippen LogP contribution in [0.1, 0.15) is 31.0 Å². The van der Waals surface area contributed by atoms with Gasteiger partial charge in [0.15, 0.2) is 0 Å². The third kappa shape index (κ3) is 2.13. The van der Waals surface area contributed by atoms with E-state index < -0.39 is 0 Å². The van der Waals surface area contributed by atoms with Crippen LogP contribution < -0.4 is 5.32 Å². The van der Waals surface area contributed by atoms with Crippen molar-refractivity contribution >= 4 is 0 Å². The van der Waals surface area contributed by atoms with Crippen LogP contribution in [0.2, 0.25) is 0 Å². The topological polar surface area (TPSA) is 33.1 Å². The van der Waals surface area contributed by atoms with Crippen LogP contribution in [0.4, 0.5) is 0 Å². The number of hydrogen-bond acceptors (Lipinski definition) is 3. The first-order valence-corrected chi connectivity index (χ1v) is 6.25. The van der Waals surface area contributed by atoms with Gasteiger partial charge >= 0.3 is 0 Å². The van der Waals surface area contributed by atoms with E-state index in [0.29, 0.717) is 6.04 Å². The van der Waals surface area contributed by atoms with Gasteiger partial charge in [-0.25, -0.2) is 4.98 Å². The fraction of sp³-hybridized carbons (Fsp3) is 0.750. The van der Waals surface area contributed by atoms with Gasteiger partial charge in [0.25, 0.3) is 0 Å². The molecule has 2 fully saturated rings. The van der Waals surface area contributed by atoms with Crippen molar-refractivity contribution in [3.05, 3.63) is 18.2 Å². The fourth-order valence-electron chi connectivity index (χ4n) is 2.47. The van der Waals surface area contributed by atoms with Gasteiger partial charge in [0.05, 0.1) is 12.0 Å². The van der Waals surface area contributed by atoms with Crippen LogP contribution in [-0.4, -0.2) is 40.6 Å². The first-order chi connectivity index (χ1) is 7.83. The molecule has 16 heavy (non-hydrogen) atoms. The molecule has 4 heteroatoms. The number of hydrogen-bond donors (Lipinski definition) is 1. The maximum atomic E-state index is 4.29. The van der Waals surface area contributed by atoms with E-state index in [1.54, 1.807) is 0 Å². The maximum Gasteiger partial charge on any atom is 0.0951 e. The second kappa shape index (κ2) is 4.18. The first kappa shape index (κ1) is 10.3. The molecule has 0 spiro atoms. The van der Waals surface area contributed by atoms with Gasteiger partial charge in [0.1, 0.15) is 0 Å². The van der Waals surface area contributed by atoms with Crippen LogP contribution in [0, 0.1) is 0 Å². The number of rotatable bonds is 4. The molecule has 0 bridgehead atoms. The second-order valence-electron chi connectivity index (χ2n) is 5.15. The summed E-state index contributed by atoms with van der Waals surface area (Å²) in [5, 5.41) is 3.56. The smallest absolute Gasteiger partial charge is 0.0951 e. The zero-order valence-corrected chi connectivity index (χ0v) is 9.89. The zero-order valence-electron chi connectivity index (χ0n) is 9.89. The molecule has 1 unspecified atom stereocenters. The molecule has 0 aromatic carbocycles. The monoisotopic (exact) mass is 220 g/mol. The largest absolute Gasteiger partial charge is 0.329 e. The molecule has 1 aromatic rings. The number of likely N-dealkylation sites (N-methyl/N-ethyl adjacent to an activating group) is 1. The lowest BCUT2D eigenvalue weighted by Crippen LogP contribution is -2.21. The number of nitrogens with zero attached hydrogens (tertiary/aromatic N) is 3. The summed E-state index contributed by atoms with van der Waals surface area (Å²) in [5.74, 6) is 0. The Morgan fingerprint density at radius 3 is 3.00 bits per heavy atom. The van der Waals surface area contributed by atoms with Crippen LogP contribution >= 0.6 is 0 Å². The summed E-state index contributed by atoms with van der Waals surface area (Å²) in [6.07, 6.45) is 7.95. The number of nitrogens with one attached hydrogen (secondary N) is 1. The van der Waals surface area contributed by atoms with Gasteiger partial charge in [0.2, 0.25) is 0 Å². The molecule has 3 rings (SSSR count). The standard InChI is InChI=1S/C12H20N4/c1-15-5-4-11(8-15)16-9-13-6-12(16)7-14-10-2-3-10/h6,9-11,14H,2-5,7-8H2,1H3. The van der Waals surface area contributed by atoms with E-state index in [2.05, 4.69) is 26.8 Å². The van der Waals surface area contributed by atoms with Gasteiger partial charge in [-0.05, 0) is 32.9 Å². The van der Waals surface area contributed by atoms with Gasteiger partial charge in [-0.1, -0.05) is 0 Å². The van der Waals surface area contributed by atoms with Crippen molar-refractivity contribution < 1.29 is 0 Å². The van der Waals surface area contributed by atoms with Crippen molar-refractivity contribution in [2.45, 2.75) is 37.9 Å². The Kier molecular flexibility index (Phi) is 2.69. The molecule has 1 N–H and O–H groups in total. The molecule has 1 saturated heterocycles. The highest BCUT2D eigenvalue weighted by atomic mass is 15.2. The molecule has 88 valence electrons. The molecule has 0 radical (unpaired) electrons. The average Bonchev–Trinajstić information content (AvgIpc) is 2.82. The van der Waals surface area contributed by atoms with E-state index in [9.17, 15) is 0 Å². The summed E-state index contributed by atoms with van der Waals surface area (Å²) in [5.41, 5.74) is 1.34. The average molecular weight is 220 g/mol. The Labute approximate surface area is 96.7 Å². The summed E-state index contributed by atoms with van der Waals surface area (Å²) in [6.45, 7) is 3.34. The van der Waals surface area contributed by atoms with Gasteiger partial charge in [-0.3, -0.25) is 0 Å². The minimum atomic E-state index is 0.628. The quantitative estimate of drug-likeness (QED) is 0.822. The van der Waals surface area contributed by atoms with Crippen molar-refractivity contribution in [1.29, 1.82) is 0 Å². The lowest BCUT2D eigenvalue weighted by atomic mass is 10.2. The lowest BCUT2D eigenvalue weighted by Gasteiger charge is -2.16. The molecule has 1 saturated carbocycles. The molecule has 1 aromatic heterocycles. The Bertz CT molecular complexity index is 356. The highest BCUT2D eigenvalue weighted by molar-refractivity contribution is 5.02. The molecule has 2 aliphatic rings. The van der Waals surface area contributed by atoms with Crippen LogP contribution in [0.25, 0.3) is 0 Å². The van der Waals surface area contributed by atoms with Crippen molar-refractivity contribution in [2.75, 3.05) is 20.1 Å². The Balaban J connectivity index is 1.66. The molecular formula is C12H20N4. The third-order valence-corrected chi connectivity index (χ3v) is 3.66.